The molecular weight excluding hydrogens is 180 g/mol. The molecule has 0 N–H and O–H groups in total. The molecule has 78 valence electrons. The van der Waals surface area contributed by atoms with E-state index in [4.69, 9.17) is 11.6 Å². The van der Waals surface area contributed by atoms with E-state index in [1.165, 1.54) is 38.5 Å². The SMILES string of the molecule is CCCCC/C=C/C(Cl)CCCC. The van der Waals surface area contributed by atoms with Gasteiger partial charge >= 0.3 is 0 Å². The first-order valence-corrected chi connectivity index (χ1v) is 6.05. The summed E-state index contributed by atoms with van der Waals surface area (Å²) in [6.07, 6.45) is 13.2. The summed E-state index contributed by atoms with van der Waals surface area (Å²) in [6.45, 7) is 4.43. The standard InChI is InChI=1S/C12H23Cl/c1-3-5-7-8-9-11-12(13)10-6-4-2/h9,11-12H,3-8,10H2,1-2H3/b11-9+. The molecule has 0 heterocycles. The Morgan fingerprint density at radius 2 is 1.77 bits per heavy atom. The molecule has 0 aliphatic heterocycles. The average molecular weight is 203 g/mol. The quantitative estimate of drug-likeness (QED) is 0.298. The number of halogens is 1. The second kappa shape index (κ2) is 10.1. The first kappa shape index (κ1) is 13.0. The van der Waals surface area contributed by atoms with Crippen LogP contribution in [0.25, 0.3) is 0 Å². The molecule has 1 atom stereocenters. The van der Waals surface area contributed by atoms with Gasteiger partial charge in [-0.1, -0.05) is 51.7 Å². The zero-order valence-corrected chi connectivity index (χ0v) is 9.82. The van der Waals surface area contributed by atoms with Crippen LogP contribution >= 0.6 is 11.6 Å². The third kappa shape index (κ3) is 9.95. The van der Waals surface area contributed by atoms with E-state index in [1.807, 2.05) is 0 Å². The molecule has 0 nitrogen and oxygen atoms in total. The zero-order chi connectivity index (χ0) is 9.94. The van der Waals surface area contributed by atoms with Gasteiger partial charge in [-0.15, -0.1) is 11.6 Å². The minimum atomic E-state index is 0.265. The van der Waals surface area contributed by atoms with Gasteiger partial charge in [0.1, 0.15) is 0 Å². The zero-order valence-electron chi connectivity index (χ0n) is 9.06. The third-order valence-corrected chi connectivity index (χ3v) is 2.52. The summed E-state index contributed by atoms with van der Waals surface area (Å²) in [5.74, 6) is 0. The molecule has 0 aliphatic carbocycles. The molecule has 0 aromatic rings. The van der Waals surface area contributed by atoms with Crippen molar-refractivity contribution >= 4 is 11.6 Å². The number of hydrogen-bond acceptors (Lipinski definition) is 0. The minimum Gasteiger partial charge on any atom is -0.118 e. The van der Waals surface area contributed by atoms with Crippen molar-refractivity contribution in [2.75, 3.05) is 0 Å². The maximum absolute atomic E-state index is 6.09. The molecule has 0 rings (SSSR count). The topological polar surface area (TPSA) is 0 Å². The van der Waals surface area contributed by atoms with E-state index in [-0.39, 0.29) is 5.38 Å². The second-order valence-corrected chi connectivity index (χ2v) is 4.14. The van der Waals surface area contributed by atoms with E-state index in [9.17, 15) is 0 Å². The average Bonchev–Trinajstić information content (AvgIpc) is 2.14. The van der Waals surface area contributed by atoms with Crippen LogP contribution in [0.3, 0.4) is 0 Å². The van der Waals surface area contributed by atoms with Crippen LogP contribution in [0.5, 0.6) is 0 Å². The maximum atomic E-state index is 6.09. The van der Waals surface area contributed by atoms with Crippen LogP contribution in [0, 0.1) is 0 Å². The maximum Gasteiger partial charge on any atom is 0.0516 e. The lowest BCUT2D eigenvalue weighted by Gasteiger charge is -2.01. The predicted octanol–water partition coefficient (Wildman–Crippen LogP) is 4.92. The number of unbranched alkanes of at least 4 members (excludes halogenated alkanes) is 4. The van der Waals surface area contributed by atoms with Crippen LogP contribution < -0.4 is 0 Å². The Balaban J connectivity index is 3.25. The van der Waals surface area contributed by atoms with Crippen molar-refractivity contribution < 1.29 is 0 Å². The molecular formula is C12H23Cl. The summed E-state index contributed by atoms with van der Waals surface area (Å²) >= 11 is 6.09. The first-order chi connectivity index (χ1) is 6.31. The van der Waals surface area contributed by atoms with Crippen LogP contribution in [0.1, 0.15) is 58.8 Å². The van der Waals surface area contributed by atoms with Gasteiger partial charge in [0.25, 0.3) is 0 Å². The van der Waals surface area contributed by atoms with Crippen molar-refractivity contribution in [3.63, 3.8) is 0 Å². The Morgan fingerprint density at radius 3 is 2.38 bits per heavy atom. The van der Waals surface area contributed by atoms with Gasteiger partial charge in [-0.05, 0) is 19.3 Å². The van der Waals surface area contributed by atoms with Gasteiger partial charge in [-0.2, -0.15) is 0 Å². The molecule has 1 unspecified atom stereocenters. The molecule has 0 aliphatic rings. The smallest absolute Gasteiger partial charge is 0.0516 e. The van der Waals surface area contributed by atoms with Gasteiger partial charge in [0.15, 0.2) is 0 Å². The minimum absolute atomic E-state index is 0.265. The fraction of sp³-hybridized carbons (Fsp3) is 0.833. The molecule has 0 fully saturated rings. The Labute approximate surface area is 88.4 Å². The summed E-state index contributed by atoms with van der Waals surface area (Å²) in [7, 11) is 0. The molecule has 13 heavy (non-hydrogen) atoms. The van der Waals surface area contributed by atoms with Gasteiger partial charge in [0, 0.05) is 0 Å². The van der Waals surface area contributed by atoms with Gasteiger partial charge < -0.3 is 0 Å². The normalized spacial score (nSPS) is 13.8. The van der Waals surface area contributed by atoms with E-state index < -0.39 is 0 Å². The highest BCUT2D eigenvalue weighted by atomic mass is 35.5. The molecule has 0 saturated heterocycles. The molecule has 1 heteroatoms. The van der Waals surface area contributed by atoms with Crippen molar-refractivity contribution in [3.8, 4) is 0 Å². The van der Waals surface area contributed by atoms with E-state index >= 15 is 0 Å². The molecule has 0 spiro atoms. The number of allylic oxidation sites excluding steroid dienone is 2. The van der Waals surface area contributed by atoms with Crippen LogP contribution in [0.15, 0.2) is 12.2 Å². The lowest BCUT2D eigenvalue weighted by Crippen LogP contribution is -1.92. The summed E-state index contributed by atoms with van der Waals surface area (Å²) < 4.78 is 0. The van der Waals surface area contributed by atoms with Crippen LogP contribution in [-0.2, 0) is 0 Å². The number of rotatable bonds is 8. The highest BCUT2D eigenvalue weighted by Gasteiger charge is 1.96. The van der Waals surface area contributed by atoms with Crippen molar-refractivity contribution in [1.82, 2.24) is 0 Å². The highest BCUT2D eigenvalue weighted by molar-refractivity contribution is 6.21. The van der Waals surface area contributed by atoms with Gasteiger partial charge in [-0.3, -0.25) is 0 Å². The monoisotopic (exact) mass is 202 g/mol. The van der Waals surface area contributed by atoms with Gasteiger partial charge in [-0.25, -0.2) is 0 Å². The number of hydrogen-bond donors (Lipinski definition) is 0. The largest absolute Gasteiger partial charge is 0.118 e. The van der Waals surface area contributed by atoms with Crippen LogP contribution in [0.4, 0.5) is 0 Å². The Morgan fingerprint density at radius 1 is 1.08 bits per heavy atom. The van der Waals surface area contributed by atoms with Crippen molar-refractivity contribution in [2.24, 2.45) is 0 Å². The predicted molar refractivity (Wildman–Crippen MR) is 62.4 cm³/mol. The summed E-state index contributed by atoms with van der Waals surface area (Å²) in [4.78, 5) is 0. The molecule has 0 amide bonds. The summed E-state index contributed by atoms with van der Waals surface area (Å²) in [5.41, 5.74) is 0. The molecule has 0 bridgehead atoms. The lowest BCUT2D eigenvalue weighted by atomic mass is 10.1. The first-order valence-electron chi connectivity index (χ1n) is 5.62. The fourth-order valence-electron chi connectivity index (χ4n) is 1.25. The van der Waals surface area contributed by atoms with E-state index in [0.717, 1.165) is 6.42 Å². The molecule has 0 aromatic carbocycles. The summed E-state index contributed by atoms with van der Waals surface area (Å²) in [6, 6.07) is 0. The molecule has 0 saturated carbocycles. The highest BCUT2D eigenvalue weighted by Crippen LogP contribution is 2.10. The summed E-state index contributed by atoms with van der Waals surface area (Å²) in [5, 5.41) is 0.265. The Kier molecular flexibility index (Phi) is 10.1. The lowest BCUT2D eigenvalue weighted by molar-refractivity contribution is 0.718. The third-order valence-electron chi connectivity index (χ3n) is 2.15. The van der Waals surface area contributed by atoms with Crippen molar-refractivity contribution in [3.05, 3.63) is 12.2 Å². The Hall–Kier alpha value is 0.0300. The van der Waals surface area contributed by atoms with E-state index in [0.29, 0.717) is 0 Å². The Bertz CT molecular complexity index is 118. The van der Waals surface area contributed by atoms with Crippen LogP contribution in [0.2, 0.25) is 0 Å². The van der Waals surface area contributed by atoms with E-state index in [2.05, 4.69) is 26.0 Å². The van der Waals surface area contributed by atoms with Crippen molar-refractivity contribution in [2.45, 2.75) is 64.2 Å². The fourth-order valence-corrected chi connectivity index (χ4v) is 1.51. The van der Waals surface area contributed by atoms with Crippen LogP contribution in [-0.4, -0.2) is 5.38 Å². The van der Waals surface area contributed by atoms with Gasteiger partial charge in [0.05, 0.1) is 5.38 Å². The van der Waals surface area contributed by atoms with Crippen molar-refractivity contribution in [1.29, 1.82) is 0 Å². The molecule has 0 radical (unpaired) electrons. The number of alkyl halides is 1. The van der Waals surface area contributed by atoms with E-state index in [1.54, 1.807) is 0 Å². The van der Waals surface area contributed by atoms with Gasteiger partial charge in [0.2, 0.25) is 0 Å². The second-order valence-electron chi connectivity index (χ2n) is 3.58. The molecule has 0 aromatic heterocycles.